The fraction of sp³-hybridized carbons (Fsp3) is 0.917. The Morgan fingerprint density at radius 1 is 0.897 bits per heavy atom. The fourth-order valence-electron chi connectivity index (χ4n) is 3.83. The lowest BCUT2D eigenvalue weighted by Crippen LogP contribution is -2.42. The van der Waals surface area contributed by atoms with E-state index in [1.165, 1.54) is 64.2 Å². The highest BCUT2D eigenvalue weighted by Gasteiger charge is 2.40. The van der Waals surface area contributed by atoms with Crippen LogP contribution in [0.3, 0.4) is 0 Å². The molecule has 4 atom stereocenters. The van der Waals surface area contributed by atoms with Gasteiger partial charge in [0.1, 0.15) is 24.4 Å². The van der Waals surface area contributed by atoms with Crippen LogP contribution in [-0.4, -0.2) is 59.6 Å². The third-order valence-corrected chi connectivity index (χ3v) is 5.70. The van der Waals surface area contributed by atoms with Gasteiger partial charge >= 0.3 is 0 Å². The van der Waals surface area contributed by atoms with Crippen molar-refractivity contribution in [2.45, 2.75) is 121 Å². The molecule has 0 amide bonds. The monoisotopic (exact) mass is 414 g/mol. The molecule has 1 saturated heterocycles. The summed E-state index contributed by atoms with van der Waals surface area (Å²) in [6, 6.07) is 0. The SMILES string of the molecule is CCCCCCCCCCC/C=C/CCCCCO[C@@H]1[C@H]([C@@H](O)CO)OC[C@H]1O. The van der Waals surface area contributed by atoms with Crippen molar-refractivity contribution < 1.29 is 24.8 Å². The van der Waals surface area contributed by atoms with Gasteiger partial charge in [-0.3, -0.25) is 0 Å². The first-order chi connectivity index (χ1) is 14.2. The van der Waals surface area contributed by atoms with Gasteiger partial charge in [0.05, 0.1) is 13.2 Å². The van der Waals surface area contributed by atoms with Crippen LogP contribution in [0.15, 0.2) is 12.2 Å². The van der Waals surface area contributed by atoms with Crippen LogP contribution in [0.4, 0.5) is 0 Å². The van der Waals surface area contributed by atoms with Crippen LogP contribution in [0.25, 0.3) is 0 Å². The Morgan fingerprint density at radius 2 is 1.45 bits per heavy atom. The first-order valence-corrected chi connectivity index (χ1v) is 12.1. The van der Waals surface area contributed by atoms with Crippen LogP contribution in [0.1, 0.15) is 96.8 Å². The number of aliphatic hydroxyl groups excluding tert-OH is 3. The van der Waals surface area contributed by atoms with E-state index in [4.69, 9.17) is 14.6 Å². The number of allylic oxidation sites excluding steroid dienone is 2. The highest BCUT2D eigenvalue weighted by molar-refractivity contribution is 4.89. The highest BCUT2D eigenvalue weighted by Crippen LogP contribution is 2.21. The summed E-state index contributed by atoms with van der Waals surface area (Å²) in [4.78, 5) is 0. The predicted molar refractivity (Wildman–Crippen MR) is 118 cm³/mol. The Morgan fingerprint density at radius 3 is 2.03 bits per heavy atom. The number of rotatable bonds is 19. The average molecular weight is 415 g/mol. The lowest BCUT2D eigenvalue weighted by molar-refractivity contribution is -0.0937. The van der Waals surface area contributed by atoms with Crippen LogP contribution >= 0.6 is 0 Å². The van der Waals surface area contributed by atoms with Crippen molar-refractivity contribution in [1.82, 2.24) is 0 Å². The molecule has 5 nitrogen and oxygen atoms in total. The Balaban J connectivity index is 1.88. The number of hydrogen-bond donors (Lipinski definition) is 3. The maximum absolute atomic E-state index is 9.89. The normalized spacial score (nSPS) is 23.2. The lowest BCUT2D eigenvalue weighted by atomic mass is 10.1. The van der Waals surface area contributed by atoms with Crippen LogP contribution in [-0.2, 0) is 9.47 Å². The first-order valence-electron chi connectivity index (χ1n) is 12.1. The molecule has 0 bridgehead atoms. The molecule has 1 rings (SSSR count). The van der Waals surface area contributed by atoms with Crippen LogP contribution in [0.5, 0.6) is 0 Å². The van der Waals surface area contributed by atoms with Gasteiger partial charge in [-0.25, -0.2) is 0 Å². The number of aliphatic hydroxyl groups is 3. The molecule has 3 N–H and O–H groups in total. The molecule has 0 aromatic heterocycles. The van der Waals surface area contributed by atoms with Gasteiger partial charge in [-0.1, -0.05) is 76.9 Å². The largest absolute Gasteiger partial charge is 0.394 e. The van der Waals surface area contributed by atoms with Gasteiger partial charge in [0.25, 0.3) is 0 Å². The molecule has 1 heterocycles. The smallest absolute Gasteiger partial charge is 0.114 e. The van der Waals surface area contributed by atoms with Gasteiger partial charge in [-0.05, 0) is 32.1 Å². The van der Waals surface area contributed by atoms with E-state index in [2.05, 4.69) is 19.1 Å². The minimum absolute atomic E-state index is 0.149. The number of hydrogen-bond acceptors (Lipinski definition) is 5. The van der Waals surface area contributed by atoms with Crippen LogP contribution in [0, 0.1) is 0 Å². The Hall–Kier alpha value is -0.460. The fourth-order valence-corrected chi connectivity index (χ4v) is 3.83. The van der Waals surface area contributed by atoms with Crippen LogP contribution < -0.4 is 0 Å². The van der Waals surface area contributed by atoms with Crippen molar-refractivity contribution in [3.05, 3.63) is 12.2 Å². The van der Waals surface area contributed by atoms with Crippen molar-refractivity contribution in [2.75, 3.05) is 19.8 Å². The second-order valence-corrected chi connectivity index (χ2v) is 8.39. The van der Waals surface area contributed by atoms with Crippen molar-refractivity contribution in [3.63, 3.8) is 0 Å². The topological polar surface area (TPSA) is 79.2 Å². The van der Waals surface area contributed by atoms with Crippen molar-refractivity contribution >= 4 is 0 Å². The first kappa shape index (κ1) is 26.6. The van der Waals surface area contributed by atoms with Gasteiger partial charge in [0, 0.05) is 6.61 Å². The molecule has 1 fully saturated rings. The summed E-state index contributed by atoms with van der Waals surface area (Å²) in [6.07, 6.45) is 19.6. The van der Waals surface area contributed by atoms with E-state index in [1.807, 2.05) is 0 Å². The Kier molecular flexibility index (Phi) is 16.8. The third-order valence-electron chi connectivity index (χ3n) is 5.70. The van der Waals surface area contributed by atoms with Crippen molar-refractivity contribution in [2.24, 2.45) is 0 Å². The molecule has 0 aromatic carbocycles. The zero-order chi connectivity index (χ0) is 21.2. The van der Waals surface area contributed by atoms with E-state index in [1.54, 1.807) is 0 Å². The zero-order valence-electron chi connectivity index (χ0n) is 18.6. The lowest BCUT2D eigenvalue weighted by Gasteiger charge is -2.23. The summed E-state index contributed by atoms with van der Waals surface area (Å²) in [7, 11) is 0. The van der Waals surface area contributed by atoms with Gasteiger partial charge < -0.3 is 24.8 Å². The number of unbranched alkanes of at least 4 members (excludes halogenated alkanes) is 12. The van der Waals surface area contributed by atoms with Crippen LogP contribution in [0.2, 0.25) is 0 Å². The van der Waals surface area contributed by atoms with Gasteiger partial charge in [-0.15, -0.1) is 0 Å². The van der Waals surface area contributed by atoms with Gasteiger partial charge in [0.15, 0.2) is 0 Å². The molecule has 1 aliphatic heterocycles. The van der Waals surface area contributed by atoms with E-state index >= 15 is 0 Å². The Labute approximate surface area is 178 Å². The molecule has 29 heavy (non-hydrogen) atoms. The summed E-state index contributed by atoms with van der Waals surface area (Å²) < 4.78 is 11.0. The summed E-state index contributed by atoms with van der Waals surface area (Å²) in [5.74, 6) is 0. The molecular weight excluding hydrogens is 368 g/mol. The quantitative estimate of drug-likeness (QED) is 0.214. The maximum atomic E-state index is 9.89. The van der Waals surface area contributed by atoms with Gasteiger partial charge in [0.2, 0.25) is 0 Å². The summed E-state index contributed by atoms with van der Waals surface area (Å²) in [6.45, 7) is 2.57. The molecular formula is C24H46O5. The van der Waals surface area contributed by atoms with Crippen molar-refractivity contribution in [3.8, 4) is 0 Å². The zero-order valence-corrected chi connectivity index (χ0v) is 18.6. The summed E-state index contributed by atoms with van der Waals surface area (Å²) >= 11 is 0. The standard InChI is InChI=1S/C24H46O5/c1-2-3-4-5-6-7-8-9-10-11-12-13-14-15-16-17-18-28-24-22(27)20-29-23(24)21(26)19-25/h12-13,21-27H,2-11,14-20H2,1H3/b13-12+/t21-,22+,23-,24-/m0/s1. The molecule has 172 valence electrons. The highest BCUT2D eigenvalue weighted by atomic mass is 16.6. The minimum Gasteiger partial charge on any atom is -0.394 e. The van der Waals surface area contributed by atoms with Crippen molar-refractivity contribution in [1.29, 1.82) is 0 Å². The molecule has 0 unspecified atom stereocenters. The second-order valence-electron chi connectivity index (χ2n) is 8.39. The minimum atomic E-state index is -1.01. The molecule has 0 aromatic rings. The molecule has 0 saturated carbocycles. The average Bonchev–Trinajstić information content (AvgIpc) is 3.10. The Bertz CT molecular complexity index is 387. The van der Waals surface area contributed by atoms with Gasteiger partial charge in [-0.2, -0.15) is 0 Å². The number of ether oxygens (including phenoxy) is 2. The van der Waals surface area contributed by atoms with E-state index in [-0.39, 0.29) is 13.2 Å². The molecule has 0 spiro atoms. The van der Waals surface area contributed by atoms with E-state index in [0.29, 0.717) is 6.61 Å². The van der Waals surface area contributed by atoms with E-state index < -0.39 is 24.4 Å². The molecule has 5 heteroatoms. The molecule has 0 radical (unpaired) electrons. The predicted octanol–water partition coefficient (Wildman–Crippen LogP) is 4.52. The van der Waals surface area contributed by atoms with E-state index in [9.17, 15) is 10.2 Å². The van der Waals surface area contributed by atoms with E-state index in [0.717, 1.165) is 25.7 Å². The summed E-state index contributed by atoms with van der Waals surface area (Å²) in [5.41, 5.74) is 0. The third kappa shape index (κ3) is 12.7. The maximum Gasteiger partial charge on any atom is 0.114 e. The summed E-state index contributed by atoms with van der Waals surface area (Å²) in [5, 5.41) is 28.6. The molecule has 0 aliphatic carbocycles. The molecule has 1 aliphatic rings. The second kappa shape index (κ2) is 18.3.